The van der Waals surface area contributed by atoms with Crippen LogP contribution in [0.4, 0.5) is 10.1 Å². The van der Waals surface area contributed by atoms with Crippen LogP contribution in [0.25, 0.3) is 5.69 Å². The molecular weight excluding hydrogens is 361 g/mol. The fraction of sp³-hybridized carbons (Fsp3) is 0.190. The molecule has 1 N–H and O–H groups in total. The molecule has 1 atom stereocenters. The van der Waals surface area contributed by atoms with Gasteiger partial charge in [-0.05, 0) is 62.2 Å². The number of hydrogen-bond acceptors (Lipinski definition) is 4. The van der Waals surface area contributed by atoms with E-state index in [4.69, 9.17) is 4.74 Å². The molecule has 0 spiro atoms. The number of anilines is 1. The molecule has 0 bridgehead atoms. The molecule has 7 heteroatoms. The lowest BCUT2D eigenvalue weighted by molar-refractivity contribution is -0.122. The average Bonchev–Trinajstić information content (AvgIpc) is 2.67. The van der Waals surface area contributed by atoms with Gasteiger partial charge in [-0.15, -0.1) is 5.10 Å². The highest BCUT2D eigenvalue weighted by Gasteiger charge is 2.17. The average molecular weight is 381 g/mol. The highest BCUT2D eigenvalue weighted by Crippen LogP contribution is 2.18. The number of rotatable bonds is 5. The summed E-state index contributed by atoms with van der Waals surface area (Å²) in [5.41, 5.74) is 2.76. The first kappa shape index (κ1) is 19.3. The Balaban J connectivity index is 1.76. The quantitative estimate of drug-likeness (QED) is 0.735. The van der Waals surface area contributed by atoms with Gasteiger partial charge in [0.2, 0.25) is 5.88 Å². The van der Waals surface area contributed by atoms with Crippen LogP contribution in [0.5, 0.6) is 5.88 Å². The van der Waals surface area contributed by atoms with Crippen molar-refractivity contribution >= 4 is 11.6 Å². The van der Waals surface area contributed by atoms with Gasteiger partial charge in [0, 0.05) is 17.8 Å². The number of carbonyl (C=O) groups is 1. The predicted octanol–water partition coefficient (Wildman–Crippen LogP) is 3.39. The van der Waals surface area contributed by atoms with Crippen LogP contribution in [0.1, 0.15) is 18.1 Å². The maximum Gasteiger partial charge on any atom is 0.271 e. The zero-order chi connectivity index (χ0) is 20.3. The van der Waals surface area contributed by atoms with Crippen molar-refractivity contribution < 1.29 is 13.9 Å². The summed E-state index contributed by atoms with van der Waals surface area (Å²) >= 11 is 0. The first-order valence-corrected chi connectivity index (χ1v) is 8.75. The standard InChI is InChI=1S/C21H20FN3O3/c1-13-5-4-6-18(14(13)2)23-21(27)15(3)28-19-11-12-20(26)25(24-19)17-9-7-16(22)8-10-17/h4-12,15H,1-3H3,(H,23,27). The number of benzene rings is 2. The summed E-state index contributed by atoms with van der Waals surface area (Å²) < 4.78 is 19.8. The van der Waals surface area contributed by atoms with Gasteiger partial charge in [0.05, 0.1) is 5.69 Å². The SMILES string of the molecule is Cc1cccc(NC(=O)C(C)Oc2ccc(=O)n(-c3ccc(F)cc3)n2)c1C. The summed E-state index contributed by atoms with van der Waals surface area (Å²) in [5.74, 6) is -0.650. The maximum absolute atomic E-state index is 13.1. The fourth-order valence-electron chi connectivity index (χ4n) is 2.58. The van der Waals surface area contributed by atoms with Crippen LogP contribution in [-0.2, 0) is 4.79 Å². The summed E-state index contributed by atoms with van der Waals surface area (Å²) in [6.07, 6.45) is -0.841. The van der Waals surface area contributed by atoms with E-state index in [9.17, 15) is 14.0 Å². The molecule has 1 heterocycles. The molecule has 0 radical (unpaired) electrons. The van der Waals surface area contributed by atoms with Gasteiger partial charge in [0.25, 0.3) is 11.5 Å². The van der Waals surface area contributed by atoms with E-state index < -0.39 is 17.5 Å². The molecule has 0 aliphatic heterocycles. The van der Waals surface area contributed by atoms with Crippen molar-refractivity contribution in [3.05, 3.63) is 81.9 Å². The van der Waals surface area contributed by atoms with E-state index in [2.05, 4.69) is 10.4 Å². The van der Waals surface area contributed by atoms with Crippen LogP contribution in [-0.4, -0.2) is 21.8 Å². The van der Waals surface area contributed by atoms with Gasteiger partial charge < -0.3 is 10.1 Å². The minimum absolute atomic E-state index is 0.104. The van der Waals surface area contributed by atoms with Crippen LogP contribution in [0.15, 0.2) is 59.4 Å². The Morgan fingerprint density at radius 2 is 1.82 bits per heavy atom. The molecule has 2 aromatic carbocycles. The smallest absolute Gasteiger partial charge is 0.271 e. The summed E-state index contributed by atoms with van der Waals surface area (Å²) in [7, 11) is 0. The van der Waals surface area contributed by atoms with Crippen molar-refractivity contribution in [2.45, 2.75) is 26.9 Å². The Morgan fingerprint density at radius 3 is 2.54 bits per heavy atom. The molecule has 0 saturated carbocycles. The molecule has 144 valence electrons. The molecule has 3 rings (SSSR count). The molecule has 0 saturated heterocycles. The third kappa shape index (κ3) is 4.25. The molecule has 6 nitrogen and oxygen atoms in total. The number of aromatic nitrogens is 2. The molecule has 0 aliphatic rings. The molecule has 3 aromatic rings. The summed E-state index contributed by atoms with van der Waals surface area (Å²) in [6, 6.07) is 13.7. The second kappa shape index (κ2) is 8.04. The van der Waals surface area contributed by atoms with Crippen molar-refractivity contribution in [2.24, 2.45) is 0 Å². The first-order chi connectivity index (χ1) is 13.3. The number of halogens is 1. The minimum Gasteiger partial charge on any atom is -0.463 e. The Labute approximate surface area is 161 Å². The zero-order valence-corrected chi connectivity index (χ0v) is 15.8. The Kier molecular flexibility index (Phi) is 5.54. The van der Waals surface area contributed by atoms with E-state index in [0.717, 1.165) is 15.8 Å². The Morgan fingerprint density at radius 1 is 1.11 bits per heavy atom. The largest absolute Gasteiger partial charge is 0.463 e. The molecule has 1 amide bonds. The lowest BCUT2D eigenvalue weighted by Crippen LogP contribution is -2.31. The van der Waals surface area contributed by atoms with Crippen molar-refractivity contribution in [3.63, 3.8) is 0 Å². The second-order valence-corrected chi connectivity index (χ2v) is 6.39. The van der Waals surface area contributed by atoms with Crippen LogP contribution in [0, 0.1) is 19.7 Å². The third-order valence-corrected chi connectivity index (χ3v) is 4.38. The van der Waals surface area contributed by atoms with E-state index in [1.54, 1.807) is 6.92 Å². The Hall–Kier alpha value is -3.48. The Bertz CT molecular complexity index is 1060. The predicted molar refractivity (Wildman–Crippen MR) is 104 cm³/mol. The van der Waals surface area contributed by atoms with Gasteiger partial charge >= 0.3 is 0 Å². The van der Waals surface area contributed by atoms with E-state index >= 15 is 0 Å². The van der Waals surface area contributed by atoms with Gasteiger partial charge in [0.1, 0.15) is 5.82 Å². The normalized spacial score (nSPS) is 11.7. The molecule has 28 heavy (non-hydrogen) atoms. The molecular formula is C21H20FN3O3. The lowest BCUT2D eigenvalue weighted by Gasteiger charge is -2.16. The van der Waals surface area contributed by atoms with E-state index in [1.165, 1.54) is 36.4 Å². The van der Waals surface area contributed by atoms with Gasteiger partial charge in [-0.2, -0.15) is 4.68 Å². The molecule has 0 fully saturated rings. The maximum atomic E-state index is 13.1. The van der Waals surface area contributed by atoms with Crippen LogP contribution < -0.4 is 15.6 Å². The van der Waals surface area contributed by atoms with Crippen molar-refractivity contribution in [1.82, 2.24) is 9.78 Å². The zero-order valence-electron chi connectivity index (χ0n) is 15.8. The molecule has 0 aliphatic carbocycles. The number of ether oxygens (including phenoxy) is 1. The second-order valence-electron chi connectivity index (χ2n) is 6.39. The van der Waals surface area contributed by atoms with Gasteiger partial charge in [-0.3, -0.25) is 9.59 Å². The van der Waals surface area contributed by atoms with Crippen molar-refractivity contribution in [2.75, 3.05) is 5.32 Å². The first-order valence-electron chi connectivity index (χ1n) is 8.75. The summed E-state index contributed by atoms with van der Waals surface area (Å²) in [4.78, 5) is 24.5. The fourth-order valence-corrected chi connectivity index (χ4v) is 2.58. The molecule has 1 unspecified atom stereocenters. The number of nitrogens with zero attached hydrogens (tertiary/aromatic N) is 2. The number of carbonyl (C=O) groups excluding carboxylic acids is 1. The number of nitrogens with one attached hydrogen (secondary N) is 1. The highest BCUT2D eigenvalue weighted by molar-refractivity contribution is 5.94. The lowest BCUT2D eigenvalue weighted by atomic mass is 10.1. The van der Waals surface area contributed by atoms with Gasteiger partial charge in [0.15, 0.2) is 6.10 Å². The van der Waals surface area contributed by atoms with Gasteiger partial charge in [-0.1, -0.05) is 12.1 Å². The number of aryl methyl sites for hydroxylation is 1. The van der Waals surface area contributed by atoms with E-state index in [0.29, 0.717) is 11.4 Å². The summed E-state index contributed by atoms with van der Waals surface area (Å²) in [6.45, 7) is 5.49. The number of amides is 1. The molecule has 1 aromatic heterocycles. The van der Waals surface area contributed by atoms with Crippen molar-refractivity contribution in [1.29, 1.82) is 0 Å². The summed E-state index contributed by atoms with van der Waals surface area (Å²) in [5, 5.41) is 6.95. The van der Waals surface area contributed by atoms with Crippen LogP contribution in [0.2, 0.25) is 0 Å². The van der Waals surface area contributed by atoms with Crippen LogP contribution in [0.3, 0.4) is 0 Å². The monoisotopic (exact) mass is 381 g/mol. The van der Waals surface area contributed by atoms with Crippen molar-refractivity contribution in [3.8, 4) is 11.6 Å². The highest BCUT2D eigenvalue weighted by atomic mass is 19.1. The minimum atomic E-state index is -0.841. The van der Waals surface area contributed by atoms with E-state index in [1.807, 2.05) is 32.0 Å². The number of hydrogen-bond donors (Lipinski definition) is 1. The topological polar surface area (TPSA) is 73.2 Å². The van der Waals surface area contributed by atoms with Crippen LogP contribution >= 0.6 is 0 Å². The van der Waals surface area contributed by atoms with E-state index in [-0.39, 0.29) is 11.8 Å². The van der Waals surface area contributed by atoms with Gasteiger partial charge in [-0.25, -0.2) is 4.39 Å². The third-order valence-electron chi connectivity index (χ3n) is 4.38.